The summed E-state index contributed by atoms with van der Waals surface area (Å²) in [6.07, 6.45) is 12.3. The van der Waals surface area contributed by atoms with E-state index in [1.807, 2.05) is 79.4 Å². The highest BCUT2D eigenvalue weighted by molar-refractivity contribution is 7.95. The van der Waals surface area contributed by atoms with E-state index in [1.54, 1.807) is 43.8 Å². The molecule has 1 amide bonds. The van der Waals surface area contributed by atoms with Gasteiger partial charge in [-0.15, -0.1) is 5.10 Å². The van der Waals surface area contributed by atoms with Crippen molar-refractivity contribution in [1.29, 1.82) is 0 Å². The number of allylic oxidation sites excluding steroid dienone is 3. The first-order chi connectivity index (χ1) is 21.3. The molecule has 1 aromatic rings. The summed E-state index contributed by atoms with van der Waals surface area (Å²) in [6.45, 7) is 36.3. The summed E-state index contributed by atoms with van der Waals surface area (Å²) in [5.74, 6) is 0.358. The van der Waals surface area contributed by atoms with Gasteiger partial charge in [-0.3, -0.25) is 19.1 Å². The molecule has 0 aromatic carbocycles. The third kappa shape index (κ3) is 17.9. The third-order valence-electron chi connectivity index (χ3n) is 7.16. The SMILES string of the molecule is C=CC(=O)C(C)(C)C.C=CS(=O)(=O)C(C)(C)C.CC(C)(C)C1CCC=CC1=O.CC(C)(C)N1CC=CC1=O.CC(C)(C)n1ccc(F)n1. The molecule has 0 N–H and O–H groups in total. The van der Waals surface area contributed by atoms with Crippen LogP contribution in [0.15, 0.2) is 61.2 Å². The van der Waals surface area contributed by atoms with Crippen LogP contribution in [0.3, 0.4) is 0 Å². The molecular weight excluding hydrogens is 629 g/mol. The van der Waals surface area contributed by atoms with Gasteiger partial charge in [0.1, 0.15) is 0 Å². The van der Waals surface area contributed by atoms with Crippen LogP contribution < -0.4 is 0 Å². The predicted octanol–water partition coefficient (Wildman–Crippen LogP) is 8.66. The first-order valence-corrected chi connectivity index (χ1v) is 17.8. The number of rotatable bonds is 2. The van der Waals surface area contributed by atoms with Crippen molar-refractivity contribution in [3.63, 3.8) is 0 Å². The Labute approximate surface area is 291 Å². The van der Waals surface area contributed by atoms with E-state index in [4.69, 9.17) is 0 Å². The number of hydrogen-bond acceptors (Lipinski definition) is 6. The number of sulfone groups is 1. The van der Waals surface area contributed by atoms with Gasteiger partial charge < -0.3 is 4.90 Å². The number of amides is 1. The minimum Gasteiger partial charge on any atom is -0.331 e. The van der Waals surface area contributed by atoms with Crippen LogP contribution in [0.1, 0.15) is 117 Å². The zero-order valence-corrected chi connectivity index (χ0v) is 33.2. The van der Waals surface area contributed by atoms with Gasteiger partial charge in [-0.25, -0.2) is 8.42 Å². The Hall–Kier alpha value is -3.14. The largest absolute Gasteiger partial charge is 0.331 e. The molecule has 3 rings (SSSR count). The third-order valence-corrected chi connectivity index (χ3v) is 9.30. The second-order valence-electron chi connectivity index (χ2n) is 16.7. The van der Waals surface area contributed by atoms with Crippen molar-refractivity contribution in [3.05, 3.63) is 67.2 Å². The molecule has 10 heteroatoms. The van der Waals surface area contributed by atoms with Crippen molar-refractivity contribution in [2.24, 2.45) is 16.7 Å². The summed E-state index contributed by atoms with van der Waals surface area (Å²) in [6, 6.07) is 1.35. The molecular formula is C38H64FN3O5S. The molecule has 0 bridgehead atoms. The van der Waals surface area contributed by atoms with Gasteiger partial charge in [-0.1, -0.05) is 66.9 Å². The zero-order chi connectivity index (χ0) is 38.5. The van der Waals surface area contributed by atoms with Gasteiger partial charge in [-0.05, 0) is 92.7 Å². The standard InChI is InChI=1S/C10H16O.C8H13NO.C7H11FN2.C7H12O.C6H12O2S/c1-10(2,3)8-6-4-5-7-9(8)11;1-8(2,3)9-6-4-5-7(9)10;1-7(2,3)10-5-4-6(8)9-10;1-5-6(8)7(2,3)4;1-5-9(7,8)6(2,3)4/h5,7-8H,4,6H2,1-3H3;4-5H,6H2,1-3H3;4-5H,1-3H3;5H,1H2,2-4H3;5H,1H2,2-4H3. The summed E-state index contributed by atoms with van der Waals surface area (Å²) in [7, 11) is -3.07. The smallest absolute Gasteiger partial charge is 0.247 e. The number of carbonyl (C=O) groups excluding carboxylic acids is 3. The number of aromatic nitrogens is 2. The zero-order valence-electron chi connectivity index (χ0n) is 32.4. The second-order valence-corrected chi connectivity index (χ2v) is 19.4. The van der Waals surface area contributed by atoms with E-state index in [0.29, 0.717) is 5.78 Å². The molecule has 1 aliphatic carbocycles. The number of hydrogen-bond donors (Lipinski definition) is 0. The van der Waals surface area contributed by atoms with Gasteiger partial charge in [0, 0.05) is 47.2 Å². The van der Waals surface area contributed by atoms with Crippen LogP contribution in [-0.4, -0.2) is 57.4 Å². The fraction of sp³-hybridized carbons (Fsp3) is 0.632. The molecule has 1 aromatic heterocycles. The van der Waals surface area contributed by atoms with Crippen LogP contribution in [0.4, 0.5) is 4.39 Å². The van der Waals surface area contributed by atoms with Gasteiger partial charge in [0.25, 0.3) is 0 Å². The minimum absolute atomic E-state index is 0.0272. The van der Waals surface area contributed by atoms with Gasteiger partial charge in [-0.2, -0.15) is 4.39 Å². The van der Waals surface area contributed by atoms with E-state index in [0.717, 1.165) is 24.8 Å². The molecule has 1 unspecified atom stereocenters. The van der Waals surface area contributed by atoms with Crippen molar-refractivity contribution in [3.8, 4) is 0 Å². The number of ketones is 2. The molecule has 0 radical (unpaired) electrons. The molecule has 1 atom stereocenters. The lowest BCUT2D eigenvalue weighted by Gasteiger charge is -2.31. The van der Waals surface area contributed by atoms with Crippen LogP contribution in [-0.2, 0) is 29.8 Å². The lowest BCUT2D eigenvalue weighted by atomic mass is 9.74. The molecule has 1 aliphatic heterocycles. The van der Waals surface area contributed by atoms with Crippen molar-refractivity contribution in [2.45, 2.75) is 133 Å². The summed E-state index contributed by atoms with van der Waals surface area (Å²) in [4.78, 5) is 35.0. The van der Waals surface area contributed by atoms with Crippen molar-refractivity contribution < 1.29 is 27.2 Å². The highest BCUT2D eigenvalue weighted by atomic mass is 32.2. The lowest BCUT2D eigenvalue weighted by molar-refractivity contribution is -0.128. The Morgan fingerprint density at radius 3 is 1.56 bits per heavy atom. The highest BCUT2D eigenvalue weighted by Crippen LogP contribution is 2.32. The number of nitrogens with zero attached hydrogens (tertiary/aromatic N) is 3. The first-order valence-electron chi connectivity index (χ1n) is 16.3. The Morgan fingerprint density at radius 2 is 1.40 bits per heavy atom. The highest BCUT2D eigenvalue weighted by Gasteiger charge is 2.30. The van der Waals surface area contributed by atoms with E-state index < -0.39 is 20.5 Å². The van der Waals surface area contributed by atoms with Crippen LogP contribution in [0.25, 0.3) is 0 Å². The van der Waals surface area contributed by atoms with Crippen LogP contribution in [0, 0.1) is 22.7 Å². The fourth-order valence-corrected chi connectivity index (χ4v) is 4.36. The van der Waals surface area contributed by atoms with Crippen LogP contribution >= 0.6 is 0 Å². The topological polar surface area (TPSA) is 106 Å². The van der Waals surface area contributed by atoms with E-state index in [1.165, 1.54) is 12.1 Å². The second kappa shape index (κ2) is 18.6. The Kier molecular flexibility index (Phi) is 18.2. The molecule has 0 spiro atoms. The molecule has 8 nitrogen and oxygen atoms in total. The summed E-state index contributed by atoms with van der Waals surface area (Å²) in [5.41, 5.74) is -0.255. The molecule has 274 valence electrons. The van der Waals surface area contributed by atoms with E-state index >= 15 is 0 Å². The summed E-state index contributed by atoms with van der Waals surface area (Å²) >= 11 is 0. The van der Waals surface area contributed by atoms with Crippen LogP contribution in [0.5, 0.6) is 0 Å². The van der Waals surface area contributed by atoms with Crippen LogP contribution in [0.2, 0.25) is 0 Å². The average molecular weight is 694 g/mol. The average Bonchev–Trinajstić information content (AvgIpc) is 3.56. The molecule has 2 heterocycles. The molecule has 48 heavy (non-hydrogen) atoms. The van der Waals surface area contributed by atoms with Crippen molar-refractivity contribution in [2.75, 3.05) is 6.54 Å². The maximum Gasteiger partial charge on any atom is 0.247 e. The molecule has 0 saturated heterocycles. The summed E-state index contributed by atoms with van der Waals surface area (Å²) < 4.78 is 35.0. The monoisotopic (exact) mass is 693 g/mol. The van der Waals surface area contributed by atoms with E-state index in [9.17, 15) is 27.2 Å². The Balaban J connectivity index is 0. The van der Waals surface area contributed by atoms with Gasteiger partial charge in [0.05, 0.1) is 10.3 Å². The van der Waals surface area contributed by atoms with Crippen molar-refractivity contribution >= 4 is 27.3 Å². The van der Waals surface area contributed by atoms with Crippen molar-refractivity contribution in [1.82, 2.24) is 14.7 Å². The predicted molar refractivity (Wildman–Crippen MR) is 198 cm³/mol. The molecule has 2 aliphatic rings. The van der Waals surface area contributed by atoms with E-state index in [-0.39, 0.29) is 39.5 Å². The quantitative estimate of drug-likeness (QED) is 0.287. The number of halogens is 1. The maximum absolute atomic E-state index is 12.3. The van der Waals surface area contributed by atoms with Gasteiger partial charge >= 0.3 is 0 Å². The maximum atomic E-state index is 12.3. The first kappa shape index (κ1) is 47.0. The number of carbonyl (C=O) groups is 3. The molecule has 0 saturated carbocycles. The lowest BCUT2D eigenvalue weighted by Crippen LogP contribution is -2.42. The normalized spacial score (nSPS) is 16.6. The van der Waals surface area contributed by atoms with Gasteiger partial charge in [0.15, 0.2) is 21.4 Å². The fourth-order valence-electron chi connectivity index (χ4n) is 3.86. The Bertz CT molecular complexity index is 1390. The Morgan fingerprint density at radius 1 is 0.875 bits per heavy atom. The minimum atomic E-state index is -3.07. The summed E-state index contributed by atoms with van der Waals surface area (Å²) in [5, 5.41) is 4.62. The van der Waals surface area contributed by atoms with Gasteiger partial charge in [0.2, 0.25) is 11.9 Å². The van der Waals surface area contributed by atoms with E-state index in [2.05, 4.69) is 39.0 Å². The molecule has 0 fully saturated rings.